The maximum atomic E-state index is 11.2. The molecule has 0 aliphatic carbocycles. The van der Waals surface area contributed by atoms with Crippen molar-refractivity contribution in [2.24, 2.45) is 4.99 Å². The molecule has 3 rings (SSSR count). The number of aliphatic imine (C=N–C) groups is 1. The van der Waals surface area contributed by atoms with Crippen molar-refractivity contribution < 1.29 is 5.11 Å². The number of hydrogen-bond acceptors (Lipinski definition) is 4. The van der Waals surface area contributed by atoms with E-state index < -0.39 is 5.72 Å². The summed E-state index contributed by atoms with van der Waals surface area (Å²) in [6.07, 6.45) is 1.72. The highest BCUT2D eigenvalue weighted by Crippen LogP contribution is 2.39. The standard InChI is InChI=1S/C17H19N3OS/c1-3-20-16(19-15-6-4-5-11-18-15)22-12-17(20,21)14-9-7-13(2)8-10-14/h4-11,21H,3,12H2,1-2H3/t17-/m0/s1. The van der Waals surface area contributed by atoms with E-state index in [0.717, 1.165) is 10.7 Å². The minimum Gasteiger partial charge on any atom is -0.366 e. The minimum absolute atomic E-state index is 0.565. The van der Waals surface area contributed by atoms with E-state index in [1.165, 1.54) is 5.56 Å². The zero-order valence-corrected chi connectivity index (χ0v) is 13.5. The van der Waals surface area contributed by atoms with Crippen molar-refractivity contribution in [2.75, 3.05) is 12.3 Å². The number of amidine groups is 1. The Morgan fingerprint density at radius 2 is 2.05 bits per heavy atom. The summed E-state index contributed by atoms with van der Waals surface area (Å²) < 4.78 is 0. The molecule has 5 heteroatoms. The molecule has 1 atom stereocenters. The van der Waals surface area contributed by atoms with Gasteiger partial charge in [0.05, 0.1) is 5.75 Å². The molecule has 1 aliphatic heterocycles. The zero-order chi connectivity index (χ0) is 15.6. The lowest BCUT2D eigenvalue weighted by atomic mass is 10.0. The van der Waals surface area contributed by atoms with Crippen molar-refractivity contribution in [3.8, 4) is 0 Å². The van der Waals surface area contributed by atoms with Crippen LogP contribution in [0.1, 0.15) is 18.1 Å². The third-order valence-corrected chi connectivity index (χ3v) is 4.89. The van der Waals surface area contributed by atoms with Crippen LogP contribution >= 0.6 is 11.8 Å². The average molecular weight is 313 g/mol. The Bertz CT molecular complexity index is 672. The van der Waals surface area contributed by atoms with Crippen LogP contribution in [0.3, 0.4) is 0 Å². The molecule has 1 fully saturated rings. The largest absolute Gasteiger partial charge is 0.366 e. The number of rotatable bonds is 3. The lowest BCUT2D eigenvalue weighted by Gasteiger charge is -2.33. The zero-order valence-electron chi connectivity index (χ0n) is 12.7. The first-order valence-corrected chi connectivity index (χ1v) is 8.32. The van der Waals surface area contributed by atoms with Crippen molar-refractivity contribution in [1.82, 2.24) is 9.88 Å². The molecule has 0 bridgehead atoms. The van der Waals surface area contributed by atoms with Crippen LogP contribution in [0, 0.1) is 6.92 Å². The van der Waals surface area contributed by atoms with Crippen molar-refractivity contribution >= 4 is 22.7 Å². The van der Waals surface area contributed by atoms with Gasteiger partial charge in [0.1, 0.15) is 0 Å². The van der Waals surface area contributed by atoms with Crippen molar-refractivity contribution in [1.29, 1.82) is 0 Å². The Balaban J connectivity index is 1.95. The molecule has 1 saturated heterocycles. The van der Waals surface area contributed by atoms with Gasteiger partial charge in [0.15, 0.2) is 16.7 Å². The predicted octanol–water partition coefficient (Wildman–Crippen LogP) is 3.29. The van der Waals surface area contributed by atoms with Crippen LogP contribution < -0.4 is 0 Å². The molecule has 1 aromatic heterocycles. The molecule has 4 nitrogen and oxygen atoms in total. The highest BCUT2D eigenvalue weighted by molar-refractivity contribution is 8.14. The summed E-state index contributed by atoms with van der Waals surface area (Å²) >= 11 is 1.56. The molecule has 1 aromatic carbocycles. The van der Waals surface area contributed by atoms with Crippen molar-refractivity contribution in [3.05, 3.63) is 59.8 Å². The molecule has 114 valence electrons. The van der Waals surface area contributed by atoms with Gasteiger partial charge in [-0.25, -0.2) is 9.98 Å². The summed E-state index contributed by atoms with van der Waals surface area (Å²) in [5.74, 6) is 1.23. The number of benzene rings is 1. The van der Waals surface area contributed by atoms with E-state index in [9.17, 15) is 5.11 Å². The van der Waals surface area contributed by atoms with Crippen LogP contribution in [0.25, 0.3) is 0 Å². The summed E-state index contributed by atoms with van der Waals surface area (Å²) in [7, 11) is 0. The molecular formula is C17H19N3OS. The summed E-state index contributed by atoms with van der Waals surface area (Å²) in [6.45, 7) is 4.75. The Kier molecular flexibility index (Phi) is 4.18. The molecule has 1 aliphatic rings. The first-order chi connectivity index (χ1) is 10.6. The molecule has 22 heavy (non-hydrogen) atoms. The SMILES string of the molecule is CCN1C(=Nc2ccccn2)SC[C@]1(O)c1ccc(C)cc1. The van der Waals surface area contributed by atoms with Crippen LogP contribution in [0.5, 0.6) is 0 Å². The van der Waals surface area contributed by atoms with E-state index in [0.29, 0.717) is 18.1 Å². The van der Waals surface area contributed by atoms with Crippen LogP contribution in [-0.4, -0.2) is 32.5 Å². The van der Waals surface area contributed by atoms with Gasteiger partial charge < -0.3 is 10.0 Å². The Hall–Kier alpha value is -1.85. The smallest absolute Gasteiger partial charge is 0.175 e. The van der Waals surface area contributed by atoms with Crippen LogP contribution in [0.15, 0.2) is 53.7 Å². The second kappa shape index (κ2) is 6.10. The lowest BCUT2D eigenvalue weighted by Crippen LogP contribution is -2.44. The number of thioether (sulfide) groups is 1. The third-order valence-electron chi connectivity index (χ3n) is 3.77. The van der Waals surface area contributed by atoms with Gasteiger partial charge in [-0.15, -0.1) is 0 Å². The lowest BCUT2D eigenvalue weighted by molar-refractivity contribution is -0.0452. The van der Waals surface area contributed by atoms with E-state index in [-0.39, 0.29) is 0 Å². The van der Waals surface area contributed by atoms with E-state index in [1.54, 1.807) is 18.0 Å². The highest BCUT2D eigenvalue weighted by Gasteiger charge is 2.43. The van der Waals surface area contributed by atoms with E-state index in [4.69, 9.17) is 0 Å². The topological polar surface area (TPSA) is 48.7 Å². The highest BCUT2D eigenvalue weighted by atomic mass is 32.2. The van der Waals surface area contributed by atoms with Crippen molar-refractivity contribution in [3.63, 3.8) is 0 Å². The number of aromatic nitrogens is 1. The van der Waals surface area contributed by atoms with Crippen LogP contribution in [-0.2, 0) is 5.72 Å². The van der Waals surface area contributed by atoms with Gasteiger partial charge >= 0.3 is 0 Å². The summed E-state index contributed by atoms with van der Waals surface area (Å²) in [6, 6.07) is 13.7. The van der Waals surface area contributed by atoms with Gasteiger partial charge in [0.2, 0.25) is 0 Å². The minimum atomic E-state index is -1.01. The number of aliphatic hydroxyl groups is 1. The summed E-state index contributed by atoms with van der Waals surface area (Å²) in [5, 5.41) is 12.0. The molecule has 2 aromatic rings. The number of aryl methyl sites for hydroxylation is 1. The maximum Gasteiger partial charge on any atom is 0.175 e. The normalized spacial score (nSPS) is 23.2. The van der Waals surface area contributed by atoms with Gasteiger partial charge in [-0.1, -0.05) is 47.7 Å². The molecule has 0 spiro atoms. The second-order valence-corrected chi connectivity index (χ2v) is 6.24. The Morgan fingerprint density at radius 3 is 2.68 bits per heavy atom. The van der Waals surface area contributed by atoms with E-state index >= 15 is 0 Å². The molecular weight excluding hydrogens is 294 g/mol. The fourth-order valence-electron chi connectivity index (χ4n) is 2.55. The number of hydrogen-bond donors (Lipinski definition) is 1. The molecule has 0 radical (unpaired) electrons. The average Bonchev–Trinajstić information content (AvgIpc) is 2.86. The Morgan fingerprint density at radius 1 is 1.27 bits per heavy atom. The fourth-order valence-corrected chi connectivity index (χ4v) is 3.79. The predicted molar refractivity (Wildman–Crippen MR) is 91.2 cm³/mol. The molecule has 1 N–H and O–H groups in total. The molecule has 0 amide bonds. The van der Waals surface area contributed by atoms with E-state index in [1.807, 2.05) is 61.2 Å². The molecule has 2 heterocycles. The molecule has 0 saturated carbocycles. The Labute approximate surface area is 134 Å². The van der Waals surface area contributed by atoms with Crippen LogP contribution in [0.4, 0.5) is 5.82 Å². The van der Waals surface area contributed by atoms with Gasteiger partial charge in [0, 0.05) is 18.3 Å². The van der Waals surface area contributed by atoms with Gasteiger partial charge in [-0.05, 0) is 26.0 Å². The second-order valence-electron chi connectivity index (χ2n) is 5.30. The first kappa shape index (κ1) is 15.1. The summed E-state index contributed by atoms with van der Waals surface area (Å²) in [5.41, 5.74) is 1.07. The van der Waals surface area contributed by atoms with Crippen LogP contribution in [0.2, 0.25) is 0 Å². The third kappa shape index (κ3) is 2.74. The monoisotopic (exact) mass is 313 g/mol. The van der Waals surface area contributed by atoms with Gasteiger partial charge in [-0.3, -0.25) is 0 Å². The summed E-state index contributed by atoms with van der Waals surface area (Å²) in [4.78, 5) is 10.8. The van der Waals surface area contributed by atoms with Crippen molar-refractivity contribution in [2.45, 2.75) is 19.6 Å². The van der Waals surface area contributed by atoms with Gasteiger partial charge in [0.25, 0.3) is 0 Å². The fraction of sp³-hybridized carbons (Fsp3) is 0.294. The van der Waals surface area contributed by atoms with Gasteiger partial charge in [-0.2, -0.15) is 0 Å². The molecule has 0 unspecified atom stereocenters. The number of nitrogens with zero attached hydrogens (tertiary/aromatic N) is 3. The van der Waals surface area contributed by atoms with E-state index in [2.05, 4.69) is 9.98 Å². The quantitative estimate of drug-likeness (QED) is 0.944. The first-order valence-electron chi connectivity index (χ1n) is 7.33. The number of pyridine rings is 1. The maximum absolute atomic E-state index is 11.2.